The van der Waals surface area contributed by atoms with Gasteiger partial charge >= 0.3 is 0 Å². The molecule has 3 nitrogen and oxygen atoms in total. The lowest BCUT2D eigenvalue weighted by Gasteiger charge is -2.25. The molecule has 1 aliphatic heterocycles. The molecule has 3 heteroatoms. The monoisotopic (exact) mass is 274 g/mol. The van der Waals surface area contributed by atoms with Crippen LogP contribution in [0, 0.1) is 6.92 Å². The number of unbranched alkanes of at least 4 members (excludes halogenated alkanes) is 1. The van der Waals surface area contributed by atoms with Crippen LogP contribution in [0.1, 0.15) is 57.3 Å². The molecule has 2 rings (SSSR count). The fraction of sp³-hybridized carbons (Fsp3) is 0.588. The molecule has 20 heavy (non-hydrogen) atoms. The van der Waals surface area contributed by atoms with Crippen molar-refractivity contribution in [2.24, 2.45) is 0 Å². The quantitative estimate of drug-likeness (QED) is 0.892. The summed E-state index contributed by atoms with van der Waals surface area (Å²) in [7, 11) is 0. The van der Waals surface area contributed by atoms with Gasteiger partial charge in [0.2, 0.25) is 5.91 Å². The maximum Gasteiger partial charge on any atom is 0.244 e. The van der Waals surface area contributed by atoms with Gasteiger partial charge in [0.15, 0.2) is 0 Å². The Morgan fingerprint density at radius 1 is 1.30 bits per heavy atom. The fourth-order valence-electron chi connectivity index (χ4n) is 2.83. The number of amides is 1. The lowest BCUT2D eigenvalue weighted by atomic mass is 9.99. The molecule has 110 valence electrons. The Labute approximate surface area is 122 Å². The first-order valence-electron chi connectivity index (χ1n) is 7.67. The molecule has 1 fully saturated rings. The van der Waals surface area contributed by atoms with Crippen LogP contribution < -0.4 is 5.32 Å². The van der Waals surface area contributed by atoms with Gasteiger partial charge in [-0.1, -0.05) is 44.5 Å². The summed E-state index contributed by atoms with van der Waals surface area (Å²) in [5.41, 5.74) is 2.02. The minimum atomic E-state index is -0.430. The number of aryl methyl sites for hydroxylation is 1. The van der Waals surface area contributed by atoms with Crippen LogP contribution in [0.2, 0.25) is 0 Å². The number of nitrogens with one attached hydrogen (secondary N) is 1. The third kappa shape index (κ3) is 2.59. The zero-order chi connectivity index (χ0) is 14.8. The first kappa shape index (κ1) is 15.0. The summed E-state index contributed by atoms with van der Waals surface area (Å²) in [6.07, 6.45) is 2.99. The highest BCUT2D eigenvalue weighted by molar-refractivity contribution is 5.88. The van der Waals surface area contributed by atoms with E-state index in [0.29, 0.717) is 0 Å². The van der Waals surface area contributed by atoms with Crippen LogP contribution >= 0.6 is 0 Å². The van der Waals surface area contributed by atoms with Crippen molar-refractivity contribution in [1.82, 2.24) is 10.2 Å². The van der Waals surface area contributed by atoms with E-state index in [0.717, 1.165) is 25.8 Å². The van der Waals surface area contributed by atoms with Crippen LogP contribution in [0.4, 0.5) is 0 Å². The number of rotatable bonds is 5. The normalized spacial score (nSPS) is 26.3. The lowest BCUT2D eigenvalue weighted by Crippen LogP contribution is -2.43. The number of carbonyl (C=O) groups excluding carboxylic acids is 1. The molecule has 1 N–H and O–H groups in total. The van der Waals surface area contributed by atoms with Gasteiger partial charge in [-0.2, -0.15) is 0 Å². The van der Waals surface area contributed by atoms with Crippen LogP contribution in [0.15, 0.2) is 24.3 Å². The van der Waals surface area contributed by atoms with E-state index in [1.54, 1.807) is 0 Å². The predicted molar refractivity (Wildman–Crippen MR) is 82.4 cm³/mol. The van der Waals surface area contributed by atoms with E-state index in [9.17, 15) is 4.79 Å². The topological polar surface area (TPSA) is 32.3 Å². The largest absolute Gasteiger partial charge is 0.321 e. The van der Waals surface area contributed by atoms with Gasteiger partial charge in [-0.3, -0.25) is 10.1 Å². The molecule has 1 amide bonds. The Kier molecular flexibility index (Phi) is 4.48. The highest BCUT2D eigenvalue weighted by Crippen LogP contribution is 2.33. The Balaban J connectivity index is 2.34. The minimum Gasteiger partial charge on any atom is -0.321 e. The van der Waals surface area contributed by atoms with E-state index >= 15 is 0 Å². The van der Waals surface area contributed by atoms with E-state index in [2.05, 4.69) is 38.2 Å². The van der Waals surface area contributed by atoms with Gasteiger partial charge in [0.25, 0.3) is 0 Å². The predicted octanol–water partition coefficient (Wildman–Crippen LogP) is 3.39. The highest BCUT2D eigenvalue weighted by atomic mass is 16.2. The molecule has 1 aromatic rings. The third-order valence-electron chi connectivity index (χ3n) is 4.44. The summed E-state index contributed by atoms with van der Waals surface area (Å²) >= 11 is 0. The number of benzene rings is 1. The molecular formula is C17H26N2O. The summed E-state index contributed by atoms with van der Waals surface area (Å²) < 4.78 is 0. The zero-order valence-corrected chi connectivity index (χ0v) is 13.1. The first-order chi connectivity index (χ1) is 9.53. The second-order valence-electron chi connectivity index (χ2n) is 5.94. The van der Waals surface area contributed by atoms with Gasteiger partial charge in [0.05, 0.1) is 5.54 Å². The van der Waals surface area contributed by atoms with Gasteiger partial charge in [-0.15, -0.1) is 0 Å². The van der Waals surface area contributed by atoms with Crippen molar-refractivity contribution in [2.75, 3.05) is 6.54 Å². The third-order valence-corrected chi connectivity index (χ3v) is 4.44. The van der Waals surface area contributed by atoms with Gasteiger partial charge < -0.3 is 4.90 Å². The van der Waals surface area contributed by atoms with Crippen molar-refractivity contribution in [3.05, 3.63) is 35.4 Å². The molecule has 0 aromatic heterocycles. The molecule has 2 atom stereocenters. The van der Waals surface area contributed by atoms with Crippen LogP contribution in [0.25, 0.3) is 0 Å². The SMILES string of the molecule is CCCCN1C(=O)C(C)(CC)NC1c1ccccc1C. The summed E-state index contributed by atoms with van der Waals surface area (Å²) in [6.45, 7) is 9.20. The van der Waals surface area contributed by atoms with Crippen molar-refractivity contribution in [3.63, 3.8) is 0 Å². The number of hydrogen-bond acceptors (Lipinski definition) is 2. The van der Waals surface area contributed by atoms with Crippen LogP contribution in [0.5, 0.6) is 0 Å². The average molecular weight is 274 g/mol. The molecule has 0 aliphatic carbocycles. The molecule has 0 radical (unpaired) electrons. The molecule has 1 aromatic carbocycles. The van der Waals surface area contributed by atoms with Crippen LogP contribution in [0.3, 0.4) is 0 Å². The van der Waals surface area contributed by atoms with Crippen LogP contribution in [-0.4, -0.2) is 22.9 Å². The van der Waals surface area contributed by atoms with Gasteiger partial charge in [0, 0.05) is 6.54 Å². The number of nitrogens with zero attached hydrogens (tertiary/aromatic N) is 1. The molecule has 1 heterocycles. The maximum atomic E-state index is 12.7. The summed E-state index contributed by atoms with van der Waals surface area (Å²) in [6, 6.07) is 8.33. The Morgan fingerprint density at radius 2 is 2.00 bits per heavy atom. The van der Waals surface area contributed by atoms with Crippen molar-refractivity contribution < 1.29 is 4.79 Å². The fourth-order valence-corrected chi connectivity index (χ4v) is 2.83. The molecule has 0 bridgehead atoms. The molecule has 2 unspecified atom stereocenters. The molecule has 0 spiro atoms. The summed E-state index contributed by atoms with van der Waals surface area (Å²) in [5, 5.41) is 3.56. The molecular weight excluding hydrogens is 248 g/mol. The first-order valence-corrected chi connectivity index (χ1v) is 7.67. The molecule has 1 saturated heterocycles. The average Bonchev–Trinajstić information content (AvgIpc) is 2.70. The molecule has 1 aliphatic rings. The second-order valence-corrected chi connectivity index (χ2v) is 5.94. The van der Waals surface area contributed by atoms with Crippen molar-refractivity contribution in [2.45, 2.75) is 58.7 Å². The molecule has 0 saturated carbocycles. The maximum absolute atomic E-state index is 12.7. The standard InChI is InChI=1S/C17H26N2O/c1-5-7-12-19-15(14-11-9-8-10-13(14)3)18-17(4,6-2)16(19)20/h8-11,15,18H,5-7,12H2,1-4H3. The van der Waals surface area contributed by atoms with E-state index in [-0.39, 0.29) is 12.1 Å². The van der Waals surface area contributed by atoms with Crippen LogP contribution in [-0.2, 0) is 4.79 Å². The van der Waals surface area contributed by atoms with Crippen molar-refractivity contribution >= 4 is 5.91 Å². The summed E-state index contributed by atoms with van der Waals surface area (Å²) in [5.74, 6) is 0.238. The van der Waals surface area contributed by atoms with Gasteiger partial charge in [-0.25, -0.2) is 0 Å². The zero-order valence-electron chi connectivity index (χ0n) is 13.1. The van der Waals surface area contributed by atoms with Gasteiger partial charge in [0.1, 0.15) is 6.17 Å². The Morgan fingerprint density at radius 3 is 2.60 bits per heavy atom. The smallest absolute Gasteiger partial charge is 0.244 e. The van der Waals surface area contributed by atoms with E-state index in [1.165, 1.54) is 11.1 Å². The minimum absolute atomic E-state index is 0.0141. The highest BCUT2D eigenvalue weighted by Gasteiger charge is 2.46. The second kappa shape index (κ2) is 5.96. The Bertz CT molecular complexity index is 486. The van der Waals surface area contributed by atoms with Gasteiger partial charge in [-0.05, 0) is 37.8 Å². The number of carbonyl (C=O) groups is 1. The van der Waals surface area contributed by atoms with E-state index in [4.69, 9.17) is 0 Å². The van der Waals surface area contributed by atoms with E-state index in [1.807, 2.05) is 24.0 Å². The van der Waals surface area contributed by atoms with E-state index < -0.39 is 5.54 Å². The number of hydrogen-bond donors (Lipinski definition) is 1. The Hall–Kier alpha value is -1.35. The van der Waals surface area contributed by atoms with Crippen molar-refractivity contribution in [1.29, 1.82) is 0 Å². The van der Waals surface area contributed by atoms with Crippen molar-refractivity contribution in [3.8, 4) is 0 Å². The lowest BCUT2D eigenvalue weighted by molar-refractivity contribution is -0.133. The summed E-state index contributed by atoms with van der Waals surface area (Å²) in [4.78, 5) is 14.7.